The highest BCUT2D eigenvalue weighted by molar-refractivity contribution is 6.06. The van der Waals surface area contributed by atoms with E-state index in [4.69, 9.17) is 10.1 Å². The van der Waals surface area contributed by atoms with E-state index in [1.807, 2.05) is 42.8 Å². The normalized spacial score (nSPS) is 13.1. The lowest BCUT2D eigenvalue weighted by molar-refractivity contribution is 0.0940. The molecular formula is C22H29N5O. The Balaban J connectivity index is 2.11. The number of nitrogens with one attached hydrogen (secondary N) is 1. The van der Waals surface area contributed by atoms with Gasteiger partial charge in [-0.3, -0.25) is 9.78 Å². The van der Waals surface area contributed by atoms with Crippen LogP contribution in [0.2, 0.25) is 0 Å². The molecule has 0 aliphatic carbocycles. The molecule has 0 saturated heterocycles. The van der Waals surface area contributed by atoms with Gasteiger partial charge in [-0.1, -0.05) is 19.9 Å². The van der Waals surface area contributed by atoms with Gasteiger partial charge in [0.1, 0.15) is 0 Å². The van der Waals surface area contributed by atoms with E-state index < -0.39 is 0 Å². The smallest absolute Gasteiger partial charge is 0.252 e. The molecule has 1 N–H and O–H groups in total. The molecule has 6 nitrogen and oxygen atoms in total. The zero-order chi connectivity index (χ0) is 20.6. The van der Waals surface area contributed by atoms with Gasteiger partial charge in [-0.25, -0.2) is 9.67 Å². The third kappa shape index (κ3) is 3.77. The fraction of sp³-hybridized carbons (Fsp3) is 0.455. The first-order chi connectivity index (χ1) is 13.1. The maximum Gasteiger partial charge on any atom is 0.252 e. The number of rotatable bonds is 4. The Labute approximate surface area is 166 Å². The van der Waals surface area contributed by atoms with Crippen molar-refractivity contribution in [2.75, 3.05) is 0 Å². The van der Waals surface area contributed by atoms with Crippen LogP contribution >= 0.6 is 0 Å². The predicted molar refractivity (Wildman–Crippen MR) is 111 cm³/mol. The van der Waals surface area contributed by atoms with Crippen molar-refractivity contribution in [2.24, 2.45) is 0 Å². The van der Waals surface area contributed by atoms with Crippen LogP contribution in [0, 0.1) is 6.92 Å². The van der Waals surface area contributed by atoms with E-state index in [9.17, 15) is 4.79 Å². The van der Waals surface area contributed by atoms with Crippen molar-refractivity contribution in [3.05, 3.63) is 53.1 Å². The average Bonchev–Trinajstić information content (AvgIpc) is 2.98. The lowest BCUT2D eigenvalue weighted by atomic mass is 10.0. The summed E-state index contributed by atoms with van der Waals surface area (Å²) in [4.78, 5) is 22.4. The van der Waals surface area contributed by atoms with Crippen LogP contribution in [0.1, 0.15) is 80.9 Å². The highest BCUT2D eigenvalue weighted by Crippen LogP contribution is 2.29. The summed E-state index contributed by atoms with van der Waals surface area (Å²) < 4.78 is 1.92. The van der Waals surface area contributed by atoms with Crippen LogP contribution < -0.4 is 5.32 Å². The number of aryl methyl sites for hydroxylation is 1. The molecule has 0 aliphatic heterocycles. The van der Waals surface area contributed by atoms with Crippen molar-refractivity contribution in [1.29, 1.82) is 0 Å². The second-order valence-corrected chi connectivity index (χ2v) is 8.57. The van der Waals surface area contributed by atoms with E-state index in [2.05, 4.69) is 44.9 Å². The molecule has 148 valence electrons. The summed E-state index contributed by atoms with van der Waals surface area (Å²) in [5.74, 6) is 0.0665. The molecule has 3 aromatic heterocycles. The van der Waals surface area contributed by atoms with Gasteiger partial charge < -0.3 is 5.32 Å². The molecule has 0 spiro atoms. The van der Waals surface area contributed by atoms with Gasteiger partial charge in [0.05, 0.1) is 33.9 Å². The third-order valence-electron chi connectivity index (χ3n) is 4.78. The van der Waals surface area contributed by atoms with Crippen LogP contribution in [0.15, 0.2) is 30.5 Å². The molecule has 0 fully saturated rings. The number of nitrogens with zero attached hydrogens (tertiary/aromatic N) is 4. The molecule has 3 heterocycles. The zero-order valence-electron chi connectivity index (χ0n) is 17.7. The number of carbonyl (C=O) groups excluding carboxylic acids is 1. The quantitative estimate of drug-likeness (QED) is 0.724. The molecule has 0 aromatic carbocycles. The number of aromatic nitrogens is 4. The summed E-state index contributed by atoms with van der Waals surface area (Å²) in [6, 6.07) is 7.40. The number of hydrogen-bond donors (Lipinski definition) is 1. The first-order valence-corrected chi connectivity index (χ1v) is 9.72. The Morgan fingerprint density at radius 3 is 2.43 bits per heavy atom. The SMILES string of the molecule is Cc1nn(C(C)(C)C)c2nc(C(C)C)cc(C(=O)N[C@H](C)c3ccccn3)c12. The molecule has 0 bridgehead atoms. The monoisotopic (exact) mass is 379 g/mol. The topological polar surface area (TPSA) is 72.7 Å². The highest BCUT2D eigenvalue weighted by atomic mass is 16.1. The van der Waals surface area contributed by atoms with Gasteiger partial charge in [-0.15, -0.1) is 0 Å². The number of fused-ring (bicyclic) bond motifs is 1. The number of carbonyl (C=O) groups is 1. The van der Waals surface area contributed by atoms with Crippen molar-refractivity contribution in [3.8, 4) is 0 Å². The lowest BCUT2D eigenvalue weighted by Gasteiger charge is -2.21. The van der Waals surface area contributed by atoms with Gasteiger partial charge in [0, 0.05) is 11.9 Å². The predicted octanol–water partition coefficient (Wildman–Crippen LogP) is 4.50. The van der Waals surface area contributed by atoms with Crippen molar-refractivity contribution in [3.63, 3.8) is 0 Å². The van der Waals surface area contributed by atoms with Crippen LogP contribution in [0.4, 0.5) is 0 Å². The Bertz CT molecular complexity index is 999. The van der Waals surface area contributed by atoms with Crippen LogP contribution in [0.5, 0.6) is 0 Å². The van der Waals surface area contributed by atoms with Crippen LogP contribution in [-0.2, 0) is 5.54 Å². The van der Waals surface area contributed by atoms with Gasteiger partial charge in [0.15, 0.2) is 5.65 Å². The van der Waals surface area contributed by atoms with Crippen molar-refractivity contribution < 1.29 is 4.79 Å². The molecule has 1 atom stereocenters. The van der Waals surface area contributed by atoms with Gasteiger partial charge >= 0.3 is 0 Å². The van der Waals surface area contributed by atoms with Crippen LogP contribution in [-0.4, -0.2) is 25.7 Å². The third-order valence-corrected chi connectivity index (χ3v) is 4.78. The van der Waals surface area contributed by atoms with Crippen molar-refractivity contribution in [2.45, 2.75) is 66.0 Å². The minimum Gasteiger partial charge on any atom is -0.344 e. The summed E-state index contributed by atoms with van der Waals surface area (Å²) in [6.07, 6.45) is 1.73. The molecule has 3 rings (SSSR count). The maximum atomic E-state index is 13.2. The fourth-order valence-corrected chi connectivity index (χ4v) is 3.23. The molecule has 0 unspecified atom stereocenters. The largest absolute Gasteiger partial charge is 0.344 e. The van der Waals surface area contributed by atoms with Crippen molar-refractivity contribution in [1.82, 2.24) is 25.1 Å². The minimum atomic E-state index is -0.232. The van der Waals surface area contributed by atoms with Gasteiger partial charge in [0.25, 0.3) is 5.91 Å². The van der Waals surface area contributed by atoms with Gasteiger partial charge in [-0.2, -0.15) is 5.10 Å². The van der Waals surface area contributed by atoms with E-state index in [-0.39, 0.29) is 23.4 Å². The maximum absolute atomic E-state index is 13.2. The van der Waals surface area contributed by atoms with Crippen LogP contribution in [0.25, 0.3) is 11.0 Å². The van der Waals surface area contributed by atoms with Gasteiger partial charge in [-0.05, 0) is 58.7 Å². The summed E-state index contributed by atoms with van der Waals surface area (Å²) in [5, 5.41) is 8.59. The Morgan fingerprint density at radius 1 is 1.14 bits per heavy atom. The van der Waals surface area contributed by atoms with E-state index in [0.29, 0.717) is 5.56 Å². The van der Waals surface area contributed by atoms with E-state index >= 15 is 0 Å². The summed E-state index contributed by atoms with van der Waals surface area (Å²) in [5.41, 5.74) is 3.66. The Kier molecular flexibility index (Phi) is 5.24. The molecular weight excluding hydrogens is 350 g/mol. The number of amides is 1. The molecule has 0 aliphatic rings. The first-order valence-electron chi connectivity index (χ1n) is 9.72. The van der Waals surface area contributed by atoms with Crippen molar-refractivity contribution >= 4 is 16.9 Å². The summed E-state index contributed by atoms with van der Waals surface area (Å²) >= 11 is 0. The summed E-state index contributed by atoms with van der Waals surface area (Å²) in [6.45, 7) is 14.3. The number of pyridine rings is 2. The first kappa shape index (κ1) is 20.0. The van der Waals surface area contributed by atoms with E-state index in [1.54, 1.807) is 6.20 Å². The molecule has 1 amide bonds. The molecule has 3 aromatic rings. The standard InChI is InChI=1S/C22H29N5O/c1-13(2)18-12-16(21(28)24-14(3)17-10-8-9-11-23-17)19-15(4)26-27(20(19)25-18)22(5,6)7/h8-14H,1-7H3,(H,24,28)/t14-/m1/s1. The second-order valence-electron chi connectivity index (χ2n) is 8.57. The van der Waals surface area contributed by atoms with E-state index in [1.165, 1.54) is 0 Å². The molecule has 28 heavy (non-hydrogen) atoms. The van der Waals surface area contributed by atoms with Gasteiger partial charge in [0.2, 0.25) is 0 Å². The minimum absolute atomic E-state index is 0.135. The molecule has 0 radical (unpaired) electrons. The van der Waals surface area contributed by atoms with E-state index in [0.717, 1.165) is 28.1 Å². The summed E-state index contributed by atoms with van der Waals surface area (Å²) in [7, 11) is 0. The average molecular weight is 380 g/mol. The van der Waals surface area contributed by atoms with Crippen LogP contribution in [0.3, 0.4) is 0 Å². The highest BCUT2D eigenvalue weighted by Gasteiger charge is 2.25. The Morgan fingerprint density at radius 2 is 1.86 bits per heavy atom. The fourth-order valence-electron chi connectivity index (χ4n) is 3.23. The number of hydrogen-bond acceptors (Lipinski definition) is 4. The molecule has 0 saturated carbocycles. The lowest BCUT2D eigenvalue weighted by Crippen LogP contribution is -2.28. The zero-order valence-corrected chi connectivity index (χ0v) is 17.7. The Hall–Kier alpha value is -2.76. The second kappa shape index (κ2) is 7.34. The molecule has 6 heteroatoms.